The summed E-state index contributed by atoms with van der Waals surface area (Å²) in [6.45, 7) is 2.42. The number of H-pyrrole nitrogens is 1. The SMILES string of the molecule is CCOC(=O)CC(=O)NCCc1nc2ccccc2[nH]1. The highest BCUT2D eigenvalue weighted by atomic mass is 16.5. The van der Waals surface area contributed by atoms with Gasteiger partial charge in [-0.25, -0.2) is 4.98 Å². The Labute approximate surface area is 116 Å². The van der Waals surface area contributed by atoms with Crippen molar-refractivity contribution in [1.82, 2.24) is 15.3 Å². The molecule has 0 bridgehead atoms. The van der Waals surface area contributed by atoms with Crippen molar-refractivity contribution in [3.8, 4) is 0 Å². The number of aromatic nitrogens is 2. The minimum Gasteiger partial charge on any atom is -0.466 e. The number of ether oxygens (including phenoxy) is 1. The number of carbonyl (C=O) groups excluding carboxylic acids is 2. The van der Waals surface area contributed by atoms with E-state index in [2.05, 4.69) is 15.3 Å². The van der Waals surface area contributed by atoms with Crippen LogP contribution in [0.2, 0.25) is 0 Å². The second kappa shape index (κ2) is 6.70. The fourth-order valence-electron chi connectivity index (χ4n) is 1.85. The van der Waals surface area contributed by atoms with Crippen LogP contribution < -0.4 is 5.32 Å². The molecule has 0 atom stereocenters. The van der Waals surface area contributed by atoms with Gasteiger partial charge in [0.15, 0.2) is 0 Å². The predicted octanol–water partition coefficient (Wildman–Crippen LogP) is 1.17. The minimum atomic E-state index is -0.506. The molecule has 1 aromatic heterocycles. The number of fused-ring (bicyclic) bond motifs is 1. The van der Waals surface area contributed by atoms with Crippen molar-refractivity contribution in [1.29, 1.82) is 0 Å². The Hall–Kier alpha value is -2.37. The number of benzene rings is 1. The van der Waals surface area contributed by atoms with E-state index in [1.165, 1.54) is 0 Å². The molecule has 0 aliphatic rings. The number of nitrogens with one attached hydrogen (secondary N) is 2. The van der Waals surface area contributed by atoms with Crippen molar-refractivity contribution in [2.45, 2.75) is 19.8 Å². The van der Waals surface area contributed by atoms with Crippen LogP contribution in [-0.2, 0) is 20.7 Å². The molecule has 0 radical (unpaired) electrons. The number of carbonyl (C=O) groups is 2. The number of para-hydroxylation sites is 2. The van der Waals surface area contributed by atoms with Crippen LogP contribution in [0.5, 0.6) is 0 Å². The highest BCUT2D eigenvalue weighted by molar-refractivity contribution is 5.94. The molecule has 1 heterocycles. The van der Waals surface area contributed by atoms with E-state index in [1.807, 2.05) is 24.3 Å². The minimum absolute atomic E-state index is 0.242. The van der Waals surface area contributed by atoms with E-state index in [-0.39, 0.29) is 18.9 Å². The fraction of sp³-hybridized carbons (Fsp3) is 0.357. The molecular weight excluding hydrogens is 258 g/mol. The quantitative estimate of drug-likeness (QED) is 0.612. The van der Waals surface area contributed by atoms with Crippen LogP contribution in [0.1, 0.15) is 19.2 Å². The average molecular weight is 275 g/mol. The first-order valence-corrected chi connectivity index (χ1v) is 6.55. The Balaban J connectivity index is 1.78. The number of hydrogen-bond acceptors (Lipinski definition) is 4. The lowest BCUT2D eigenvalue weighted by Crippen LogP contribution is -2.28. The lowest BCUT2D eigenvalue weighted by Gasteiger charge is -2.03. The highest BCUT2D eigenvalue weighted by Gasteiger charge is 2.09. The summed E-state index contributed by atoms with van der Waals surface area (Å²) in [6, 6.07) is 7.74. The van der Waals surface area contributed by atoms with Gasteiger partial charge in [-0.2, -0.15) is 0 Å². The lowest BCUT2D eigenvalue weighted by molar-refractivity contribution is -0.145. The first-order valence-electron chi connectivity index (χ1n) is 6.55. The normalized spacial score (nSPS) is 10.4. The van der Waals surface area contributed by atoms with Crippen molar-refractivity contribution in [3.05, 3.63) is 30.1 Å². The number of rotatable bonds is 6. The van der Waals surface area contributed by atoms with Gasteiger partial charge in [0.2, 0.25) is 5.91 Å². The molecule has 2 rings (SSSR count). The monoisotopic (exact) mass is 275 g/mol. The van der Waals surface area contributed by atoms with Gasteiger partial charge in [0.25, 0.3) is 0 Å². The molecule has 2 N–H and O–H groups in total. The third-order valence-electron chi connectivity index (χ3n) is 2.73. The lowest BCUT2D eigenvalue weighted by atomic mass is 10.3. The van der Waals surface area contributed by atoms with Crippen LogP contribution in [0.3, 0.4) is 0 Å². The molecule has 0 saturated heterocycles. The number of imidazole rings is 1. The molecule has 2 aromatic rings. The maximum Gasteiger partial charge on any atom is 0.315 e. The van der Waals surface area contributed by atoms with Crippen LogP contribution in [0, 0.1) is 0 Å². The van der Waals surface area contributed by atoms with Crippen LogP contribution in [0.25, 0.3) is 11.0 Å². The van der Waals surface area contributed by atoms with E-state index in [0.29, 0.717) is 13.0 Å². The van der Waals surface area contributed by atoms with Gasteiger partial charge in [0.05, 0.1) is 17.6 Å². The number of hydrogen-bond donors (Lipinski definition) is 2. The Morgan fingerprint density at radius 3 is 2.90 bits per heavy atom. The van der Waals surface area contributed by atoms with Crippen molar-refractivity contribution >= 4 is 22.9 Å². The van der Waals surface area contributed by atoms with Crippen molar-refractivity contribution in [3.63, 3.8) is 0 Å². The van der Waals surface area contributed by atoms with Gasteiger partial charge in [-0.05, 0) is 19.1 Å². The van der Waals surface area contributed by atoms with Gasteiger partial charge in [0.1, 0.15) is 12.2 Å². The summed E-state index contributed by atoms with van der Waals surface area (Å²) < 4.78 is 4.70. The maximum atomic E-state index is 11.4. The van der Waals surface area contributed by atoms with Gasteiger partial charge in [-0.15, -0.1) is 0 Å². The molecule has 0 fully saturated rings. The molecule has 0 unspecified atom stereocenters. The number of aromatic amines is 1. The van der Waals surface area contributed by atoms with Crippen molar-refractivity contribution < 1.29 is 14.3 Å². The molecule has 1 aromatic carbocycles. The Morgan fingerprint density at radius 1 is 1.35 bits per heavy atom. The molecule has 6 nitrogen and oxygen atoms in total. The smallest absolute Gasteiger partial charge is 0.315 e. The van der Waals surface area contributed by atoms with Gasteiger partial charge >= 0.3 is 5.97 Å². The second-order valence-electron chi connectivity index (χ2n) is 4.28. The first-order chi connectivity index (χ1) is 9.69. The van der Waals surface area contributed by atoms with Gasteiger partial charge in [-0.1, -0.05) is 12.1 Å². The van der Waals surface area contributed by atoms with Gasteiger partial charge in [0, 0.05) is 13.0 Å². The number of nitrogens with zero attached hydrogens (tertiary/aromatic N) is 1. The summed E-state index contributed by atoms with van der Waals surface area (Å²) in [4.78, 5) is 30.1. The van der Waals surface area contributed by atoms with Crippen LogP contribution >= 0.6 is 0 Å². The molecule has 0 spiro atoms. The number of esters is 1. The van der Waals surface area contributed by atoms with Crippen molar-refractivity contribution in [2.24, 2.45) is 0 Å². The highest BCUT2D eigenvalue weighted by Crippen LogP contribution is 2.10. The largest absolute Gasteiger partial charge is 0.466 e. The van der Waals surface area contributed by atoms with E-state index in [0.717, 1.165) is 16.9 Å². The summed E-state index contributed by atoms with van der Waals surface area (Å²) in [5.74, 6) is -0.0315. The fourth-order valence-corrected chi connectivity index (χ4v) is 1.85. The van der Waals surface area contributed by atoms with Crippen LogP contribution in [0.15, 0.2) is 24.3 Å². The molecule has 1 amide bonds. The van der Waals surface area contributed by atoms with E-state index >= 15 is 0 Å². The molecule has 20 heavy (non-hydrogen) atoms. The zero-order valence-electron chi connectivity index (χ0n) is 11.3. The van der Waals surface area contributed by atoms with E-state index in [1.54, 1.807) is 6.92 Å². The number of amides is 1. The zero-order chi connectivity index (χ0) is 14.4. The Morgan fingerprint density at radius 2 is 2.15 bits per heavy atom. The summed E-state index contributed by atoms with van der Waals surface area (Å²) in [6.07, 6.45) is 0.344. The second-order valence-corrected chi connectivity index (χ2v) is 4.28. The third kappa shape index (κ3) is 3.81. The first kappa shape index (κ1) is 14.0. The molecular formula is C14H17N3O3. The predicted molar refractivity (Wildman–Crippen MR) is 74.1 cm³/mol. The maximum absolute atomic E-state index is 11.4. The molecule has 106 valence electrons. The summed E-state index contributed by atoms with van der Waals surface area (Å²) in [5.41, 5.74) is 1.88. The zero-order valence-corrected chi connectivity index (χ0v) is 11.3. The van der Waals surface area contributed by atoms with Crippen LogP contribution in [0.4, 0.5) is 0 Å². The van der Waals surface area contributed by atoms with E-state index in [4.69, 9.17) is 4.74 Å². The third-order valence-corrected chi connectivity index (χ3v) is 2.73. The van der Waals surface area contributed by atoms with Crippen molar-refractivity contribution in [2.75, 3.05) is 13.2 Å². The summed E-state index contributed by atoms with van der Waals surface area (Å²) >= 11 is 0. The van der Waals surface area contributed by atoms with E-state index < -0.39 is 5.97 Å². The van der Waals surface area contributed by atoms with Crippen LogP contribution in [-0.4, -0.2) is 35.0 Å². The van der Waals surface area contributed by atoms with Gasteiger partial charge < -0.3 is 15.0 Å². The topological polar surface area (TPSA) is 84.1 Å². The summed E-state index contributed by atoms with van der Waals surface area (Å²) in [5, 5.41) is 2.67. The standard InChI is InChI=1S/C14H17N3O3/c1-2-20-14(19)9-13(18)15-8-7-12-16-10-5-3-4-6-11(10)17-12/h3-6H,2,7-9H2,1H3,(H,15,18)(H,16,17). The molecule has 0 aliphatic carbocycles. The Kier molecular flexibility index (Phi) is 4.70. The molecule has 0 saturated carbocycles. The van der Waals surface area contributed by atoms with Gasteiger partial charge in [-0.3, -0.25) is 9.59 Å². The molecule has 6 heteroatoms. The average Bonchev–Trinajstić information content (AvgIpc) is 2.81. The van der Waals surface area contributed by atoms with E-state index in [9.17, 15) is 9.59 Å². The molecule has 0 aliphatic heterocycles. The Bertz CT molecular complexity index is 573. The summed E-state index contributed by atoms with van der Waals surface area (Å²) in [7, 11) is 0.